The van der Waals surface area contributed by atoms with E-state index in [1.54, 1.807) is 13.4 Å². The van der Waals surface area contributed by atoms with Crippen molar-refractivity contribution >= 4 is 22.7 Å². The molecule has 4 rings (SSSR count). The number of aromatic nitrogens is 4. The van der Waals surface area contributed by atoms with Crippen molar-refractivity contribution in [3.05, 3.63) is 60.4 Å². The normalized spacial score (nSPS) is 10.8. The first-order valence-corrected chi connectivity index (χ1v) is 9.00. The van der Waals surface area contributed by atoms with Crippen LogP contribution in [0.15, 0.2) is 54.9 Å². The number of fused-ring (bicyclic) bond motifs is 1. The minimum atomic E-state index is 0.633. The molecule has 0 atom stereocenters. The van der Waals surface area contributed by atoms with E-state index in [9.17, 15) is 0 Å². The van der Waals surface area contributed by atoms with Gasteiger partial charge in [-0.2, -0.15) is 0 Å². The van der Waals surface area contributed by atoms with Crippen LogP contribution >= 0.6 is 0 Å². The summed E-state index contributed by atoms with van der Waals surface area (Å²) >= 11 is 0. The average molecular weight is 374 g/mol. The molecule has 2 aromatic heterocycles. The van der Waals surface area contributed by atoms with Gasteiger partial charge in [0.25, 0.3) is 0 Å². The first kappa shape index (κ1) is 17.8. The van der Waals surface area contributed by atoms with Crippen molar-refractivity contribution in [2.24, 2.45) is 0 Å². The van der Waals surface area contributed by atoms with E-state index in [1.165, 1.54) is 0 Å². The molecule has 0 bridgehead atoms. The maximum Gasteiger partial charge on any atom is 0.183 e. The maximum absolute atomic E-state index is 5.21. The summed E-state index contributed by atoms with van der Waals surface area (Å²) in [4.78, 5) is 18.8. The molecule has 142 valence electrons. The van der Waals surface area contributed by atoms with Crippen LogP contribution in [0.4, 0.5) is 11.5 Å². The van der Waals surface area contributed by atoms with Crippen LogP contribution in [0.25, 0.3) is 22.6 Å². The fraction of sp³-hybridized carbons (Fsp3) is 0.190. The quantitative estimate of drug-likeness (QED) is 0.536. The highest BCUT2D eigenvalue weighted by Gasteiger charge is 2.12. The van der Waals surface area contributed by atoms with Crippen molar-refractivity contribution in [1.29, 1.82) is 0 Å². The van der Waals surface area contributed by atoms with E-state index in [0.29, 0.717) is 18.0 Å². The van der Waals surface area contributed by atoms with Gasteiger partial charge in [0.05, 0.1) is 13.4 Å². The van der Waals surface area contributed by atoms with Gasteiger partial charge in [-0.05, 0) is 42.0 Å². The van der Waals surface area contributed by atoms with Gasteiger partial charge < -0.3 is 19.9 Å². The Morgan fingerprint density at radius 3 is 2.43 bits per heavy atom. The summed E-state index contributed by atoms with van der Waals surface area (Å²) in [5.41, 5.74) is 4.63. The molecule has 0 unspecified atom stereocenters. The molecule has 0 aliphatic heterocycles. The molecule has 0 aliphatic rings. The number of methoxy groups -OCH3 is 1. The van der Waals surface area contributed by atoms with Gasteiger partial charge >= 0.3 is 0 Å². The second-order valence-corrected chi connectivity index (χ2v) is 6.64. The average Bonchev–Trinajstić information content (AvgIpc) is 3.21. The number of H-pyrrole nitrogens is 1. The molecule has 0 aliphatic carbocycles. The number of nitrogens with one attached hydrogen (secondary N) is 2. The Balaban J connectivity index is 1.62. The number of imidazole rings is 1. The van der Waals surface area contributed by atoms with Gasteiger partial charge in [-0.1, -0.05) is 12.1 Å². The molecule has 0 amide bonds. The molecule has 2 aromatic carbocycles. The molecule has 0 spiro atoms. The van der Waals surface area contributed by atoms with Gasteiger partial charge in [0.1, 0.15) is 11.3 Å². The van der Waals surface area contributed by atoms with Gasteiger partial charge in [0.15, 0.2) is 17.3 Å². The van der Waals surface area contributed by atoms with E-state index in [4.69, 9.17) is 9.72 Å². The Kier molecular flexibility index (Phi) is 4.80. The predicted molar refractivity (Wildman–Crippen MR) is 112 cm³/mol. The summed E-state index contributed by atoms with van der Waals surface area (Å²) < 4.78 is 5.21. The Morgan fingerprint density at radius 1 is 1.00 bits per heavy atom. The van der Waals surface area contributed by atoms with Gasteiger partial charge in [0, 0.05) is 31.9 Å². The largest absolute Gasteiger partial charge is 0.497 e. The fourth-order valence-electron chi connectivity index (χ4n) is 2.93. The number of nitrogens with zero attached hydrogens (tertiary/aromatic N) is 4. The highest BCUT2D eigenvalue weighted by molar-refractivity contribution is 5.84. The number of aromatic amines is 1. The lowest BCUT2D eigenvalue weighted by atomic mass is 10.2. The van der Waals surface area contributed by atoms with Crippen molar-refractivity contribution in [1.82, 2.24) is 19.9 Å². The van der Waals surface area contributed by atoms with E-state index in [-0.39, 0.29) is 0 Å². The molecule has 0 radical (unpaired) electrons. The smallest absolute Gasteiger partial charge is 0.183 e. The maximum atomic E-state index is 5.21. The molecule has 7 heteroatoms. The third kappa shape index (κ3) is 3.59. The van der Waals surface area contributed by atoms with Crippen LogP contribution < -0.4 is 15.0 Å². The predicted octanol–water partition coefficient (Wildman–Crippen LogP) is 3.71. The Bertz CT molecular complexity index is 1070. The molecule has 28 heavy (non-hydrogen) atoms. The van der Waals surface area contributed by atoms with E-state index >= 15 is 0 Å². The van der Waals surface area contributed by atoms with E-state index in [2.05, 4.69) is 37.3 Å². The summed E-state index contributed by atoms with van der Waals surface area (Å²) in [7, 11) is 5.70. The second-order valence-electron chi connectivity index (χ2n) is 6.64. The topological polar surface area (TPSA) is 79.0 Å². The lowest BCUT2D eigenvalue weighted by molar-refractivity contribution is 0.414. The standard InChI is InChI=1S/C21H22N6O/c1-27(2)16-8-6-15(7-9-16)19-25-20(18-21(26-19)24-13-23-18)22-12-14-4-10-17(28-3)11-5-14/h4-11,13H,12H2,1-3H3,(H2,22,23,24,25,26). The zero-order chi connectivity index (χ0) is 19.5. The molecule has 0 saturated heterocycles. The number of rotatable bonds is 6. The fourth-order valence-corrected chi connectivity index (χ4v) is 2.93. The molecule has 2 N–H and O–H groups in total. The highest BCUT2D eigenvalue weighted by atomic mass is 16.5. The van der Waals surface area contributed by atoms with E-state index in [1.807, 2.05) is 50.5 Å². The number of anilines is 2. The number of hydrogen-bond acceptors (Lipinski definition) is 6. The molecule has 4 aromatic rings. The molecular formula is C21H22N6O. The van der Waals surface area contributed by atoms with E-state index in [0.717, 1.165) is 33.9 Å². The minimum absolute atomic E-state index is 0.633. The van der Waals surface area contributed by atoms with Crippen molar-refractivity contribution < 1.29 is 4.74 Å². The molecular weight excluding hydrogens is 352 g/mol. The molecule has 0 saturated carbocycles. The molecule has 7 nitrogen and oxygen atoms in total. The van der Waals surface area contributed by atoms with Crippen LogP contribution in [0.5, 0.6) is 5.75 Å². The summed E-state index contributed by atoms with van der Waals surface area (Å²) in [6.07, 6.45) is 1.64. The van der Waals surface area contributed by atoms with Crippen LogP contribution in [0.1, 0.15) is 5.56 Å². The van der Waals surface area contributed by atoms with Gasteiger partial charge in [-0.3, -0.25) is 0 Å². The third-order valence-corrected chi connectivity index (χ3v) is 4.55. The van der Waals surface area contributed by atoms with Gasteiger partial charge in [-0.15, -0.1) is 0 Å². The zero-order valence-corrected chi connectivity index (χ0v) is 16.1. The van der Waals surface area contributed by atoms with Crippen LogP contribution in [0.2, 0.25) is 0 Å². The number of ether oxygens (including phenoxy) is 1. The van der Waals surface area contributed by atoms with Crippen LogP contribution in [0, 0.1) is 0 Å². The first-order chi connectivity index (χ1) is 13.6. The highest BCUT2D eigenvalue weighted by Crippen LogP contribution is 2.25. The van der Waals surface area contributed by atoms with Crippen LogP contribution in [-0.2, 0) is 6.54 Å². The number of benzene rings is 2. The van der Waals surface area contributed by atoms with Crippen LogP contribution in [-0.4, -0.2) is 41.1 Å². The van der Waals surface area contributed by atoms with Crippen molar-refractivity contribution in [3.63, 3.8) is 0 Å². The Morgan fingerprint density at radius 2 is 1.75 bits per heavy atom. The molecule has 0 fully saturated rings. The van der Waals surface area contributed by atoms with Crippen molar-refractivity contribution in [2.45, 2.75) is 6.54 Å². The van der Waals surface area contributed by atoms with Crippen molar-refractivity contribution in [2.75, 3.05) is 31.4 Å². The SMILES string of the molecule is COc1ccc(CNc2nc(-c3ccc(N(C)C)cc3)nc3nc[nH]c23)cc1. The van der Waals surface area contributed by atoms with Gasteiger partial charge in [-0.25, -0.2) is 15.0 Å². The lowest BCUT2D eigenvalue weighted by Crippen LogP contribution is -2.08. The molecule has 2 heterocycles. The lowest BCUT2D eigenvalue weighted by Gasteiger charge is -2.13. The Hall–Kier alpha value is -3.61. The van der Waals surface area contributed by atoms with Crippen LogP contribution in [0.3, 0.4) is 0 Å². The second kappa shape index (κ2) is 7.56. The third-order valence-electron chi connectivity index (χ3n) is 4.55. The van der Waals surface area contributed by atoms with Crippen molar-refractivity contribution in [3.8, 4) is 17.1 Å². The minimum Gasteiger partial charge on any atom is -0.497 e. The summed E-state index contributed by atoms with van der Waals surface area (Å²) in [5.74, 6) is 2.21. The monoisotopic (exact) mass is 374 g/mol. The summed E-state index contributed by atoms with van der Waals surface area (Å²) in [6, 6.07) is 16.1. The summed E-state index contributed by atoms with van der Waals surface area (Å²) in [6.45, 7) is 0.633. The zero-order valence-electron chi connectivity index (χ0n) is 16.1. The Labute approximate surface area is 163 Å². The van der Waals surface area contributed by atoms with E-state index < -0.39 is 0 Å². The van der Waals surface area contributed by atoms with Gasteiger partial charge in [0.2, 0.25) is 0 Å². The number of hydrogen-bond donors (Lipinski definition) is 2. The first-order valence-electron chi connectivity index (χ1n) is 9.00. The summed E-state index contributed by atoms with van der Waals surface area (Å²) in [5, 5.41) is 3.40.